The van der Waals surface area contributed by atoms with Gasteiger partial charge in [-0.15, -0.1) is 0 Å². The fourth-order valence-corrected chi connectivity index (χ4v) is 2.33. The van der Waals surface area contributed by atoms with E-state index >= 15 is 0 Å². The highest BCUT2D eigenvalue weighted by Gasteiger charge is 2.07. The van der Waals surface area contributed by atoms with Crippen molar-refractivity contribution in [3.05, 3.63) is 52.2 Å². The predicted molar refractivity (Wildman–Crippen MR) is 87.3 cm³/mol. The molecule has 0 aliphatic rings. The van der Waals surface area contributed by atoms with Gasteiger partial charge in [0.1, 0.15) is 5.75 Å². The number of hydrogen-bond donors (Lipinski definition) is 1. The topological polar surface area (TPSA) is 34.1 Å². The molecule has 2 aromatic rings. The van der Waals surface area contributed by atoms with Crippen LogP contribution in [0.25, 0.3) is 0 Å². The maximum atomic E-state index is 6.16. The lowest BCUT2D eigenvalue weighted by Crippen LogP contribution is -2.17. The van der Waals surface area contributed by atoms with Crippen LogP contribution in [0.15, 0.2) is 30.5 Å². The normalized spacial score (nSPS) is 12.2. The van der Waals surface area contributed by atoms with Gasteiger partial charge in [-0.2, -0.15) is 0 Å². The Labute approximate surface area is 131 Å². The summed E-state index contributed by atoms with van der Waals surface area (Å²) < 4.78 is 5.80. The monoisotopic (exact) mass is 304 g/mol. The molecular formula is C17H21ClN2O. The first-order valence-electron chi connectivity index (χ1n) is 7.15. The number of halogens is 1. The van der Waals surface area contributed by atoms with Crippen LogP contribution in [0.1, 0.15) is 36.6 Å². The van der Waals surface area contributed by atoms with Crippen LogP contribution in [0, 0.1) is 13.8 Å². The number of nitrogens with one attached hydrogen (secondary N) is 1. The van der Waals surface area contributed by atoms with E-state index in [-0.39, 0.29) is 6.04 Å². The molecule has 1 aromatic carbocycles. The molecule has 1 aromatic heterocycles. The summed E-state index contributed by atoms with van der Waals surface area (Å²) in [6.07, 6.45) is 1.85. The molecule has 1 atom stereocenters. The maximum absolute atomic E-state index is 6.16. The standard InChI is InChI=1S/C17H21ClN2O/c1-5-19-13(4)14-6-7-16(20-10-14)21-15-8-11(2)17(18)12(3)9-15/h6-10,13,19H,5H2,1-4H3. The van der Waals surface area contributed by atoms with Gasteiger partial charge in [0.25, 0.3) is 0 Å². The second-order valence-corrected chi connectivity index (χ2v) is 5.56. The summed E-state index contributed by atoms with van der Waals surface area (Å²) in [7, 11) is 0. The SMILES string of the molecule is CCNC(C)c1ccc(Oc2cc(C)c(Cl)c(C)c2)nc1. The van der Waals surface area contributed by atoms with E-state index in [4.69, 9.17) is 16.3 Å². The van der Waals surface area contributed by atoms with E-state index in [2.05, 4.69) is 24.1 Å². The first kappa shape index (κ1) is 15.8. The molecule has 4 heteroatoms. The Balaban J connectivity index is 2.13. The van der Waals surface area contributed by atoms with Crippen molar-refractivity contribution in [3.8, 4) is 11.6 Å². The molecular weight excluding hydrogens is 284 g/mol. The average Bonchev–Trinajstić information content (AvgIpc) is 2.45. The number of ether oxygens (including phenoxy) is 1. The number of benzene rings is 1. The molecule has 0 saturated heterocycles. The Morgan fingerprint density at radius 3 is 2.43 bits per heavy atom. The molecule has 0 bridgehead atoms. The van der Waals surface area contributed by atoms with Crippen molar-refractivity contribution in [2.24, 2.45) is 0 Å². The van der Waals surface area contributed by atoms with Crippen LogP contribution < -0.4 is 10.1 Å². The smallest absolute Gasteiger partial charge is 0.219 e. The third-order valence-corrected chi connectivity index (χ3v) is 4.00. The molecule has 1 heterocycles. The Kier molecular flexibility index (Phi) is 5.21. The molecule has 0 aliphatic carbocycles. The molecule has 21 heavy (non-hydrogen) atoms. The molecule has 1 N–H and O–H groups in total. The van der Waals surface area contributed by atoms with E-state index in [9.17, 15) is 0 Å². The number of pyridine rings is 1. The molecule has 0 saturated carbocycles. The Bertz CT molecular complexity index is 588. The summed E-state index contributed by atoms with van der Waals surface area (Å²) in [6, 6.07) is 8.06. The van der Waals surface area contributed by atoms with E-state index in [0.717, 1.165) is 34.0 Å². The summed E-state index contributed by atoms with van der Waals surface area (Å²) in [5.74, 6) is 1.35. The molecule has 112 valence electrons. The summed E-state index contributed by atoms with van der Waals surface area (Å²) in [4.78, 5) is 4.36. The van der Waals surface area contributed by atoms with Crippen molar-refractivity contribution in [2.45, 2.75) is 33.7 Å². The summed E-state index contributed by atoms with van der Waals surface area (Å²) in [5, 5.41) is 4.14. The van der Waals surface area contributed by atoms with E-state index in [0.29, 0.717) is 5.88 Å². The highest BCUT2D eigenvalue weighted by Crippen LogP contribution is 2.28. The Hall–Kier alpha value is -1.58. The Morgan fingerprint density at radius 1 is 1.24 bits per heavy atom. The van der Waals surface area contributed by atoms with Gasteiger partial charge in [0.2, 0.25) is 5.88 Å². The van der Waals surface area contributed by atoms with E-state index in [1.165, 1.54) is 0 Å². The number of aromatic nitrogens is 1. The third kappa shape index (κ3) is 3.96. The highest BCUT2D eigenvalue weighted by molar-refractivity contribution is 6.32. The van der Waals surface area contributed by atoms with E-state index in [1.807, 2.05) is 44.3 Å². The first-order chi connectivity index (χ1) is 10.0. The fraction of sp³-hybridized carbons (Fsp3) is 0.353. The van der Waals surface area contributed by atoms with Gasteiger partial charge in [-0.3, -0.25) is 0 Å². The second kappa shape index (κ2) is 6.92. The van der Waals surface area contributed by atoms with Crippen molar-refractivity contribution in [1.82, 2.24) is 10.3 Å². The van der Waals surface area contributed by atoms with Crippen LogP contribution in [-0.4, -0.2) is 11.5 Å². The molecule has 2 rings (SSSR count). The predicted octanol–water partition coefficient (Wildman–Crippen LogP) is 4.81. The third-order valence-electron chi connectivity index (χ3n) is 3.40. The van der Waals surface area contributed by atoms with Gasteiger partial charge in [0.05, 0.1) is 0 Å². The van der Waals surface area contributed by atoms with Crippen molar-refractivity contribution < 1.29 is 4.74 Å². The zero-order chi connectivity index (χ0) is 15.4. The molecule has 0 amide bonds. The Morgan fingerprint density at radius 2 is 1.90 bits per heavy atom. The van der Waals surface area contributed by atoms with Crippen molar-refractivity contribution in [2.75, 3.05) is 6.54 Å². The summed E-state index contributed by atoms with van der Waals surface area (Å²) in [5.41, 5.74) is 3.15. The quantitative estimate of drug-likeness (QED) is 0.860. The largest absolute Gasteiger partial charge is 0.439 e. The highest BCUT2D eigenvalue weighted by atomic mass is 35.5. The van der Waals surface area contributed by atoms with Crippen LogP contribution >= 0.6 is 11.6 Å². The van der Waals surface area contributed by atoms with E-state index in [1.54, 1.807) is 0 Å². The molecule has 3 nitrogen and oxygen atoms in total. The molecule has 0 spiro atoms. The maximum Gasteiger partial charge on any atom is 0.219 e. The lowest BCUT2D eigenvalue weighted by molar-refractivity contribution is 0.461. The van der Waals surface area contributed by atoms with Crippen LogP contribution in [-0.2, 0) is 0 Å². The van der Waals surface area contributed by atoms with Gasteiger partial charge in [-0.1, -0.05) is 24.6 Å². The number of aryl methyl sites for hydroxylation is 2. The van der Waals surface area contributed by atoms with Gasteiger partial charge >= 0.3 is 0 Å². The lowest BCUT2D eigenvalue weighted by Gasteiger charge is -2.13. The minimum atomic E-state index is 0.288. The summed E-state index contributed by atoms with van der Waals surface area (Å²) in [6.45, 7) is 9.08. The minimum absolute atomic E-state index is 0.288. The second-order valence-electron chi connectivity index (χ2n) is 5.18. The van der Waals surface area contributed by atoms with Gasteiger partial charge in [0, 0.05) is 23.3 Å². The van der Waals surface area contributed by atoms with Crippen molar-refractivity contribution in [1.29, 1.82) is 0 Å². The van der Waals surface area contributed by atoms with Crippen LogP contribution in [0.3, 0.4) is 0 Å². The van der Waals surface area contributed by atoms with Crippen LogP contribution in [0.5, 0.6) is 11.6 Å². The number of hydrogen-bond acceptors (Lipinski definition) is 3. The fourth-order valence-electron chi connectivity index (χ4n) is 2.22. The number of nitrogens with zero attached hydrogens (tertiary/aromatic N) is 1. The zero-order valence-electron chi connectivity index (χ0n) is 12.9. The van der Waals surface area contributed by atoms with Gasteiger partial charge in [-0.25, -0.2) is 4.98 Å². The van der Waals surface area contributed by atoms with Gasteiger partial charge < -0.3 is 10.1 Å². The average molecular weight is 305 g/mol. The van der Waals surface area contributed by atoms with Gasteiger partial charge in [0.15, 0.2) is 0 Å². The molecule has 0 radical (unpaired) electrons. The first-order valence-corrected chi connectivity index (χ1v) is 7.53. The molecule has 0 fully saturated rings. The zero-order valence-corrected chi connectivity index (χ0v) is 13.7. The van der Waals surface area contributed by atoms with Gasteiger partial charge in [-0.05, 0) is 56.1 Å². The minimum Gasteiger partial charge on any atom is -0.439 e. The molecule has 0 aliphatic heterocycles. The molecule has 1 unspecified atom stereocenters. The lowest BCUT2D eigenvalue weighted by atomic mass is 10.1. The van der Waals surface area contributed by atoms with Crippen LogP contribution in [0.4, 0.5) is 0 Å². The summed E-state index contributed by atoms with van der Waals surface area (Å²) >= 11 is 6.16. The number of rotatable bonds is 5. The van der Waals surface area contributed by atoms with E-state index < -0.39 is 0 Å². The van der Waals surface area contributed by atoms with Crippen LogP contribution in [0.2, 0.25) is 5.02 Å². The van der Waals surface area contributed by atoms with Crippen molar-refractivity contribution in [3.63, 3.8) is 0 Å². The van der Waals surface area contributed by atoms with Crippen molar-refractivity contribution >= 4 is 11.6 Å².